The number of fused-ring (bicyclic) bond motifs is 1. The van der Waals surface area contributed by atoms with Crippen molar-refractivity contribution in [3.63, 3.8) is 0 Å². The van der Waals surface area contributed by atoms with Crippen LogP contribution in [0.4, 0.5) is 0 Å². The highest BCUT2D eigenvalue weighted by Gasteiger charge is 2.04. The largest absolute Gasteiger partial charge is 0.493 e. The molecule has 3 rings (SSSR count). The van der Waals surface area contributed by atoms with E-state index in [0.717, 1.165) is 5.75 Å². The summed E-state index contributed by atoms with van der Waals surface area (Å²) >= 11 is 5.80. The number of nitrogens with one attached hydrogen (secondary N) is 1. The maximum absolute atomic E-state index is 11.8. The molecule has 2 aromatic heterocycles. The molecule has 0 radical (unpaired) electrons. The summed E-state index contributed by atoms with van der Waals surface area (Å²) in [5, 5.41) is 1.10. The van der Waals surface area contributed by atoms with Gasteiger partial charge in [0.05, 0.1) is 18.6 Å². The van der Waals surface area contributed by atoms with Gasteiger partial charge in [0, 0.05) is 17.6 Å². The van der Waals surface area contributed by atoms with E-state index in [9.17, 15) is 4.79 Å². The van der Waals surface area contributed by atoms with Crippen LogP contribution in [-0.2, 0) is 0 Å². The summed E-state index contributed by atoms with van der Waals surface area (Å²) < 4.78 is 11.0. The zero-order valence-electron chi connectivity index (χ0n) is 12.2. The van der Waals surface area contributed by atoms with Crippen LogP contribution in [0.3, 0.4) is 0 Å². The Morgan fingerprint density at radius 1 is 1.09 bits per heavy atom. The molecular weight excluding hydrogens is 318 g/mol. The number of hydrogen-bond acceptors (Lipinski definition) is 5. The Balaban J connectivity index is 1.51. The first-order valence-electron chi connectivity index (χ1n) is 7.08. The predicted molar refractivity (Wildman–Crippen MR) is 87.2 cm³/mol. The molecule has 3 aromatic rings. The summed E-state index contributed by atoms with van der Waals surface area (Å²) in [6.07, 6.45) is 2.23. The fourth-order valence-electron chi connectivity index (χ4n) is 1.97. The zero-order chi connectivity index (χ0) is 16.1. The van der Waals surface area contributed by atoms with Gasteiger partial charge in [-0.2, -0.15) is 4.98 Å². The van der Waals surface area contributed by atoms with E-state index in [0.29, 0.717) is 35.7 Å². The molecule has 0 fully saturated rings. The summed E-state index contributed by atoms with van der Waals surface area (Å²) in [5.74, 6) is 0.746. The third-order valence-electron chi connectivity index (χ3n) is 3.07. The van der Waals surface area contributed by atoms with E-state index < -0.39 is 0 Å². The van der Waals surface area contributed by atoms with Crippen molar-refractivity contribution < 1.29 is 9.47 Å². The monoisotopic (exact) mass is 331 g/mol. The van der Waals surface area contributed by atoms with Crippen molar-refractivity contribution in [3.05, 3.63) is 58.0 Å². The Kier molecular flexibility index (Phi) is 4.73. The fourth-order valence-corrected chi connectivity index (χ4v) is 2.09. The van der Waals surface area contributed by atoms with E-state index in [1.165, 1.54) is 0 Å². The minimum atomic E-state index is -0.268. The molecule has 0 unspecified atom stereocenters. The second kappa shape index (κ2) is 7.11. The second-order valence-corrected chi connectivity index (χ2v) is 5.19. The predicted octanol–water partition coefficient (Wildman–Crippen LogP) is 2.82. The van der Waals surface area contributed by atoms with Crippen LogP contribution in [0.25, 0.3) is 11.0 Å². The number of pyridine rings is 1. The molecule has 0 saturated carbocycles. The van der Waals surface area contributed by atoms with Crippen molar-refractivity contribution in [3.8, 4) is 11.8 Å². The summed E-state index contributed by atoms with van der Waals surface area (Å²) in [6.45, 7) is 0.854. The average Bonchev–Trinajstić information content (AvgIpc) is 2.56. The van der Waals surface area contributed by atoms with Crippen molar-refractivity contribution in [2.45, 2.75) is 6.42 Å². The lowest BCUT2D eigenvalue weighted by molar-refractivity contribution is 0.236. The van der Waals surface area contributed by atoms with Gasteiger partial charge < -0.3 is 9.47 Å². The van der Waals surface area contributed by atoms with Crippen LogP contribution < -0.4 is 15.0 Å². The van der Waals surface area contributed by atoms with Gasteiger partial charge in [-0.3, -0.25) is 9.78 Å². The molecule has 0 atom stereocenters. The van der Waals surface area contributed by atoms with Gasteiger partial charge >= 0.3 is 0 Å². The number of H-pyrrole nitrogens is 1. The number of ether oxygens (including phenoxy) is 2. The van der Waals surface area contributed by atoms with Gasteiger partial charge in [-0.05, 0) is 36.4 Å². The number of aromatic nitrogens is 3. The number of benzene rings is 1. The number of hydrogen-bond donors (Lipinski definition) is 1. The Hall–Kier alpha value is -2.60. The van der Waals surface area contributed by atoms with Gasteiger partial charge in [0.15, 0.2) is 5.65 Å². The van der Waals surface area contributed by atoms with Gasteiger partial charge in [-0.1, -0.05) is 11.6 Å². The van der Waals surface area contributed by atoms with E-state index in [1.54, 1.807) is 42.6 Å². The Morgan fingerprint density at radius 2 is 1.87 bits per heavy atom. The molecular formula is C16H14ClN3O3. The van der Waals surface area contributed by atoms with Crippen LogP contribution in [0, 0.1) is 0 Å². The van der Waals surface area contributed by atoms with E-state index in [1.807, 2.05) is 0 Å². The minimum absolute atomic E-state index is 0.160. The number of nitrogens with zero attached hydrogens (tertiary/aromatic N) is 2. The van der Waals surface area contributed by atoms with Crippen molar-refractivity contribution >= 4 is 22.6 Å². The second-order valence-electron chi connectivity index (χ2n) is 4.75. The molecule has 118 valence electrons. The third-order valence-corrected chi connectivity index (χ3v) is 3.32. The van der Waals surface area contributed by atoms with Gasteiger partial charge in [-0.15, -0.1) is 0 Å². The summed E-state index contributed by atoms with van der Waals surface area (Å²) in [4.78, 5) is 22.6. The lowest BCUT2D eigenvalue weighted by atomic mass is 10.3. The molecule has 0 aliphatic carbocycles. The van der Waals surface area contributed by atoms with Crippen LogP contribution in [0.1, 0.15) is 6.42 Å². The van der Waals surface area contributed by atoms with Crippen molar-refractivity contribution in [2.24, 2.45) is 0 Å². The van der Waals surface area contributed by atoms with Crippen LogP contribution in [0.5, 0.6) is 11.8 Å². The SMILES string of the molecule is O=c1[nH]c(OCCCOc2ccc(Cl)cc2)nc2ncccc12. The minimum Gasteiger partial charge on any atom is -0.493 e. The maximum Gasteiger partial charge on any atom is 0.298 e. The highest BCUT2D eigenvalue weighted by atomic mass is 35.5. The number of rotatable bonds is 6. The molecule has 7 heteroatoms. The molecule has 1 aromatic carbocycles. The molecule has 0 aliphatic rings. The lowest BCUT2D eigenvalue weighted by Crippen LogP contribution is -2.13. The van der Waals surface area contributed by atoms with Crippen LogP contribution in [0.2, 0.25) is 5.02 Å². The van der Waals surface area contributed by atoms with E-state index in [-0.39, 0.29) is 11.6 Å². The molecule has 0 spiro atoms. The summed E-state index contributed by atoms with van der Waals surface area (Å²) in [7, 11) is 0. The number of halogens is 1. The van der Waals surface area contributed by atoms with Crippen molar-refractivity contribution in [1.82, 2.24) is 15.0 Å². The van der Waals surface area contributed by atoms with Gasteiger partial charge in [0.1, 0.15) is 5.75 Å². The highest BCUT2D eigenvalue weighted by molar-refractivity contribution is 6.30. The summed E-state index contributed by atoms with van der Waals surface area (Å²) in [5.41, 5.74) is 0.0965. The maximum atomic E-state index is 11.8. The Morgan fingerprint density at radius 3 is 2.70 bits per heavy atom. The smallest absolute Gasteiger partial charge is 0.298 e. The standard InChI is InChI=1S/C16H14ClN3O3/c17-11-4-6-12(7-5-11)22-9-2-10-23-16-19-14-13(15(21)20-16)3-1-8-18-14/h1,3-8H,2,9-10H2,(H,18,19,20,21). The Bertz CT molecular complexity index is 849. The zero-order valence-corrected chi connectivity index (χ0v) is 12.9. The number of aromatic amines is 1. The first-order valence-corrected chi connectivity index (χ1v) is 7.46. The Labute approximate surface area is 137 Å². The fraction of sp³-hybridized carbons (Fsp3) is 0.188. The van der Waals surface area contributed by atoms with Crippen LogP contribution in [-0.4, -0.2) is 28.2 Å². The first-order chi connectivity index (χ1) is 11.2. The normalized spacial score (nSPS) is 10.7. The molecule has 0 bridgehead atoms. The van der Waals surface area contributed by atoms with E-state index in [4.69, 9.17) is 21.1 Å². The molecule has 6 nitrogen and oxygen atoms in total. The van der Waals surface area contributed by atoms with Gasteiger partial charge in [0.2, 0.25) is 0 Å². The molecule has 0 amide bonds. The van der Waals surface area contributed by atoms with E-state index >= 15 is 0 Å². The summed E-state index contributed by atoms with van der Waals surface area (Å²) in [6, 6.07) is 10.7. The first kappa shape index (κ1) is 15.3. The molecule has 2 heterocycles. The third kappa shape index (κ3) is 3.98. The average molecular weight is 332 g/mol. The topological polar surface area (TPSA) is 77.1 Å². The van der Waals surface area contributed by atoms with Crippen LogP contribution >= 0.6 is 11.6 Å². The van der Waals surface area contributed by atoms with Crippen molar-refractivity contribution in [2.75, 3.05) is 13.2 Å². The quantitative estimate of drug-likeness (QED) is 0.703. The molecule has 0 aliphatic heterocycles. The van der Waals surface area contributed by atoms with Crippen LogP contribution in [0.15, 0.2) is 47.4 Å². The van der Waals surface area contributed by atoms with Crippen molar-refractivity contribution in [1.29, 1.82) is 0 Å². The van der Waals surface area contributed by atoms with E-state index in [2.05, 4.69) is 15.0 Å². The van der Waals surface area contributed by atoms with Gasteiger partial charge in [-0.25, -0.2) is 4.98 Å². The van der Waals surface area contributed by atoms with Gasteiger partial charge in [0.25, 0.3) is 11.6 Å². The molecule has 0 saturated heterocycles. The molecule has 23 heavy (non-hydrogen) atoms. The molecule has 1 N–H and O–H groups in total. The lowest BCUT2D eigenvalue weighted by Gasteiger charge is -2.07. The highest BCUT2D eigenvalue weighted by Crippen LogP contribution is 2.15.